The van der Waals surface area contributed by atoms with Gasteiger partial charge in [-0.15, -0.1) is 0 Å². The lowest BCUT2D eigenvalue weighted by atomic mass is 9.96. The van der Waals surface area contributed by atoms with Crippen LogP contribution in [0, 0.1) is 11.8 Å². The van der Waals surface area contributed by atoms with Crippen molar-refractivity contribution in [1.82, 2.24) is 14.2 Å². The molecular formula is C14H25N3O2S. The van der Waals surface area contributed by atoms with Crippen LogP contribution in [0.15, 0.2) is 17.2 Å². The maximum absolute atomic E-state index is 12.7. The van der Waals surface area contributed by atoms with Crippen LogP contribution in [0.25, 0.3) is 0 Å². The molecule has 0 saturated carbocycles. The van der Waals surface area contributed by atoms with Gasteiger partial charge in [-0.05, 0) is 31.4 Å². The van der Waals surface area contributed by atoms with Gasteiger partial charge in [0.2, 0.25) is 10.0 Å². The molecule has 2 rings (SSSR count). The highest BCUT2D eigenvalue weighted by molar-refractivity contribution is 7.89. The largest absolute Gasteiger partial charge is 0.352 e. The van der Waals surface area contributed by atoms with Crippen LogP contribution >= 0.6 is 0 Å². The van der Waals surface area contributed by atoms with Crippen molar-refractivity contribution in [3.63, 3.8) is 0 Å². The Kier molecular flexibility index (Phi) is 4.56. The van der Waals surface area contributed by atoms with Gasteiger partial charge in [0, 0.05) is 38.6 Å². The fourth-order valence-electron chi connectivity index (χ4n) is 2.74. The first-order valence-corrected chi connectivity index (χ1v) is 8.60. The Morgan fingerprint density at radius 3 is 2.70 bits per heavy atom. The molecule has 1 aromatic rings. The number of aromatic nitrogens is 1. The van der Waals surface area contributed by atoms with Gasteiger partial charge in [0.25, 0.3) is 0 Å². The molecule has 0 aliphatic carbocycles. The van der Waals surface area contributed by atoms with Crippen molar-refractivity contribution in [2.45, 2.75) is 31.7 Å². The highest BCUT2D eigenvalue weighted by Crippen LogP contribution is 2.29. The van der Waals surface area contributed by atoms with E-state index in [1.807, 2.05) is 18.7 Å². The molecule has 1 unspecified atom stereocenters. The molecule has 2 heterocycles. The predicted octanol–water partition coefficient (Wildman–Crippen LogP) is 1.41. The van der Waals surface area contributed by atoms with Gasteiger partial charge >= 0.3 is 0 Å². The molecule has 0 aromatic carbocycles. The number of rotatable bonds is 5. The van der Waals surface area contributed by atoms with Crippen molar-refractivity contribution in [1.29, 1.82) is 0 Å². The van der Waals surface area contributed by atoms with E-state index >= 15 is 0 Å². The molecule has 1 aliphatic rings. The van der Waals surface area contributed by atoms with Gasteiger partial charge in [-0.1, -0.05) is 13.8 Å². The summed E-state index contributed by atoms with van der Waals surface area (Å²) in [4.78, 5) is 0.412. The van der Waals surface area contributed by atoms with Crippen LogP contribution < -0.4 is 5.32 Å². The lowest BCUT2D eigenvalue weighted by Gasteiger charge is -2.17. The Bertz CT molecular complexity index is 563. The van der Waals surface area contributed by atoms with E-state index in [9.17, 15) is 8.42 Å². The van der Waals surface area contributed by atoms with E-state index in [-0.39, 0.29) is 0 Å². The van der Waals surface area contributed by atoms with Gasteiger partial charge in [0.1, 0.15) is 4.90 Å². The molecule has 1 fully saturated rings. The van der Waals surface area contributed by atoms with Crippen molar-refractivity contribution >= 4 is 10.0 Å². The Hall–Kier alpha value is -0.850. The summed E-state index contributed by atoms with van der Waals surface area (Å²) >= 11 is 0. The second-order valence-corrected chi connectivity index (χ2v) is 7.90. The number of nitrogens with one attached hydrogen (secondary N) is 1. The second kappa shape index (κ2) is 5.87. The average molecular weight is 299 g/mol. The summed E-state index contributed by atoms with van der Waals surface area (Å²) in [5, 5.41) is 3.05. The van der Waals surface area contributed by atoms with E-state index in [1.165, 1.54) is 0 Å². The molecule has 0 bridgehead atoms. The van der Waals surface area contributed by atoms with Crippen molar-refractivity contribution < 1.29 is 8.42 Å². The molecule has 114 valence electrons. The first-order valence-electron chi connectivity index (χ1n) is 7.16. The molecule has 20 heavy (non-hydrogen) atoms. The Balaban J connectivity index is 2.21. The zero-order chi connectivity index (χ0) is 14.9. The molecule has 1 saturated heterocycles. The molecule has 0 radical (unpaired) electrons. The predicted molar refractivity (Wildman–Crippen MR) is 79.9 cm³/mol. The van der Waals surface area contributed by atoms with E-state index in [4.69, 9.17) is 0 Å². The van der Waals surface area contributed by atoms with Gasteiger partial charge in [0.05, 0.1) is 0 Å². The Morgan fingerprint density at radius 2 is 2.15 bits per heavy atom. The third-order valence-electron chi connectivity index (χ3n) is 4.21. The summed E-state index contributed by atoms with van der Waals surface area (Å²) in [6, 6.07) is 1.77. The van der Waals surface area contributed by atoms with Gasteiger partial charge < -0.3 is 9.88 Å². The van der Waals surface area contributed by atoms with Crippen LogP contribution in [0.3, 0.4) is 0 Å². The Morgan fingerprint density at radius 1 is 1.45 bits per heavy atom. The summed E-state index contributed by atoms with van der Waals surface area (Å²) in [5.74, 6) is 1.01. The molecule has 0 spiro atoms. The molecule has 0 amide bonds. The number of hydrogen-bond acceptors (Lipinski definition) is 3. The molecule has 5 nitrogen and oxygen atoms in total. The molecule has 6 heteroatoms. The van der Waals surface area contributed by atoms with Gasteiger partial charge in [0.15, 0.2) is 0 Å². The first kappa shape index (κ1) is 15.5. The van der Waals surface area contributed by atoms with Crippen LogP contribution in [0.1, 0.15) is 26.0 Å². The maximum Gasteiger partial charge on any atom is 0.244 e. The average Bonchev–Trinajstić information content (AvgIpc) is 2.98. The normalized spacial score (nSPS) is 20.9. The van der Waals surface area contributed by atoms with Gasteiger partial charge in [-0.2, -0.15) is 4.31 Å². The molecule has 1 atom stereocenters. The number of sulfonamides is 1. The number of aryl methyl sites for hydroxylation is 1. The second-order valence-electron chi connectivity index (χ2n) is 5.96. The van der Waals surface area contributed by atoms with Crippen LogP contribution in [0.4, 0.5) is 0 Å². The monoisotopic (exact) mass is 299 g/mol. The summed E-state index contributed by atoms with van der Waals surface area (Å²) in [6.07, 6.45) is 2.68. The van der Waals surface area contributed by atoms with Crippen LogP contribution in [0.5, 0.6) is 0 Å². The van der Waals surface area contributed by atoms with Crippen molar-refractivity contribution in [2.75, 3.05) is 20.1 Å². The highest BCUT2D eigenvalue weighted by Gasteiger charge is 2.34. The zero-order valence-electron chi connectivity index (χ0n) is 12.8. The summed E-state index contributed by atoms with van der Waals surface area (Å²) < 4.78 is 28.8. The van der Waals surface area contributed by atoms with Crippen LogP contribution in [-0.2, 0) is 23.6 Å². The van der Waals surface area contributed by atoms with Crippen molar-refractivity contribution in [3.8, 4) is 0 Å². The number of nitrogens with zero attached hydrogens (tertiary/aromatic N) is 2. The van der Waals surface area contributed by atoms with Crippen LogP contribution in [0.2, 0.25) is 0 Å². The standard InChI is InChI=1S/C14H25N3O2S/c1-11(2)12-5-6-17(9-12)20(18,19)14-7-13(8-15-3)16(4)10-14/h7,10-12,15H,5-6,8-9H2,1-4H3. The van der Waals surface area contributed by atoms with Crippen molar-refractivity contribution in [3.05, 3.63) is 18.0 Å². The minimum absolute atomic E-state index is 0.412. The maximum atomic E-state index is 12.7. The van der Waals surface area contributed by atoms with E-state index in [0.29, 0.717) is 36.4 Å². The zero-order valence-corrected chi connectivity index (χ0v) is 13.6. The van der Waals surface area contributed by atoms with Crippen LogP contribution in [-0.4, -0.2) is 37.4 Å². The third kappa shape index (κ3) is 2.92. The van der Waals surface area contributed by atoms with E-state index in [2.05, 4.69) is 19.2 Å². The fourth-order valence-corrected chi connectivity index (χ4v) is 4.35. The molecule has 1 aromatic heterocycles. The summed E-state index contributed by atoms with van der Waals surface area (Å²) in [7, 11) is 0.397. The lowest BCUT2D eigenvalue weighted by Crippen LogP contribution is -2.29. The van der Waals surface area contributed by atoms with Gasteiger partial charge in [-0.25, -0.2) is 8.42 Å². The number of hydrogen-bond donors (Lipinski definition) is 1. The van der Waals surface area contributed by atoms with Crippen molar-refractivity contribution in [2.24, 2.45) is 18.9 Å². The quantitative estimate of drug-likeness (QED) is 0.894. The first-order chi connectivity index (χ1) is 9.36. The highest BCUT2D eigenvalue weighted by atomic mass is 32.2. The topological polar surface area (TPSA) is 54.3 Å². The van der Waals surface area contributed by atoms with E-state index < -0.39 is 10.0 Å². The molecular weight excluding hydrogens is 274 g/mol. The van der Waals surface area contributed by atoms with E-state index in [0.717, 1.165) is 12.1 Å². The lowest BCUT2D eigenvalue weighted by molar-refractivity contribution is 0.388. The minimum Gasteiger partial charge on any atom is -0.352 e. The minimum atomic E-state index is -3.34. The molecule has 1 aliphatic heterocycles. The third-order valence-corrected chi connectivity index (χ3v) is 6.04. The van der Waals surface area contributed by atoms with E-state index in [1.54, 1.807) is 16.6 Å². The van der Waals surface area contributed by atoms with Gasteiger partial charge in [-0.3, -0.25) is 0 Å². The SMILES string of the molecule is CNCc1cc(S(=O)(=O)N2CCC(C(C)C)C2)cn1C. The summed E-state index contributed by atoms with van der Waals surface area (Å²) in [5.41, 5.74) is 0.977. The Labute approximate surface area is 122 Å². The summed E-state index contributed by atoms with van der Waals surface area (Å²) in [6.45, 7) is 6.28. The smallest absolute Gasteiger partial charge is 0.244 e. The molecule has 1 N–H and O–H groups in total. The fraction of sp³-hybridized carbons (Fsp3) is 0.714.